The monoisotopic (exact) mass is 359 g/mol. The van der Waals surface area contributed by atoms with E-state index in [1.807, 2.05) is 18.8 Å². The van der Waals surface area contributed by atoms with Gasteiger partial charge in [-0.15, -0.1) is 0 Å². The Morgan fingerprint density at radius 1 is 1.28 bits per heavy atom. The fourth-order valence-corrected chi connectivity index (χ4v) is 5.50. The lowest BCUT2D eigenvalue weighted by molar-refractivity contribution is 0.0470. The van der Waals surface area contributed by atoms with Crippen molar-refractivity contribution in [3.63, 3.8) is 0 Å². The number of nitrogens with one attached hydrogen (secondary N) is 1. The molecule has 1 aromatic rings. The quantitative estimate of drug-likeness (QED) is 0.870. The highest BCUT2D eigenvalue weighted by atomic mass is 32.2. The molecule has 4 nitrogen and oxygen atoms in total. The van der Waals surface area contributed by atoms with E-state index in [4.69, 9.17) is 4.74 Å². The van der Waals surface area contributed by atoms with Crippen molar-refractivity contribution in [3.8, 4) is 0 Å². The predicted molar refractivity (Wildman–Crippen MR) is 106 cm³/mol. The van der Waals surface area contributed by atoms with E-state index in [1.54, 1.807) is 0 Å². The van der Waals surface area contributed by atoms with Gasteiger partial charge in [0.15, 0.2) is 5.50 Å². The molecule has 1 fully saturated rings. The molecule has 25 heavy (non-hydrogen) atoms. The maximum atomic E-state index is 5.58. The zero-order chi connectivity index (χ0) is 17.3. The number of anilines is 1. The van der Waals surface area contributed by atoms with Crippen LogP contribution in [-0.2, 0) is 10.2 Å². The molecule has 0 spiro atoms. The summed E-state index contributed by atoms with van der Waals surface area (Å²) in [6.45, 7) is 6.35. The Morgan fingerprint density at radius 2 is 2.08 bits per heavy atom. The molecule has 0 bridgehead atoms. The number of nitrogens with zero attached hydrogens (tertiary/aromatic N) is 2. The topological polar surface area (TPSA) is 27.7 Å². The molecule has 2 unspecified atom stereocenters. The molecule has 0 aliphatic carbocycles. The Labute approximate surface area is 155 Å². The van der Waals surface area contributed by atoms with Crippen LogP contribution in [0.2, 0.25) is 0 Å². The van der Waals surface area contributed by atoms with Crippen molar-refractivity contribution in [1.29, 1.82) is 0 Å². The van der Waals surface area contributed by atoms with Gasteiger partial charge in [0.05, 0.1) is 0 Å². The Balaban J connectivity index is 1.60. The number of rotatable bonds is 5. The number of thioether (sulfide) groups is 1. The number of hydrogen-bond donors (Lipinski definition) is 1. The lowest BCUT2D eigenvalue weighted by Crippen LogP contribution is -2.49. The summed E-state index contributed by atoms with van der Waals surface area (Å²) in [7, 11) is 2.05. The molecule has 1 N–H and O–H groups in total. The van der Waals surface area contributed by atoms with Crippen LogP contribution in [0.1, 0.15) is 31.7 Å². The first kappa shape index (κ1) is 17.3. The van der Waals surface area contributed by atoms with Crippen LogP contribution in [0.15, 0.2) is 35.9 Å². The molecule has 136 valence electrons. The van der Waals surface area contributed by atoms with E-state index in [-0.39, 0.29) is 5.41 Å². The second-order valence-corrected chi connectivity index (χ2v) is 8.56. The van der Waals surface area contributed by atoms with Crippen LogP contribution >= 0.6 is 11.8 Å². The number of hydrogen-bond acceptors (Lipinski definition) is 5. The van der Waals surface area contributed by atoms with Crippen molar-refractivity contribution in [2.24, 2.45) is 0 Å². The van der Waals surface area contributed by atoms with E-state index in [0.29, 0.717) is 11.5 Å². The van der Waals surface area contributed by atoms with Crippen molar-refractivity contribution < 1.29 is 4.74 Å². The Hall–Kier alpha value is -1.17. The zero-order valence-electron chi connectivity index (χ0n) is 15.3. The van der Waals surface area contributed by atoms with E-state index >= 15 is 0 Å². The molecule has 3 aliphatic rings. The second-order valence-electron chi connectivity index (χ2n) is 7.60. The standard InChI is InChI=1S/C20H29N3OS/c1-20(9-10-21-2)15-23(18-6-4-3-5-17(18)20)19-22(11-14-25-19)16-7-12-24-13-8-16/h3-6,11,14,16,19,21H,7-10,12-13,15H2,1-2H3. The van der Waals surface area contributed by atoms with Crippen molar-refractivity contribution in [2.75, 3.05) is 38.3 Å². The fourth-order valence-electron chi connectivity index (χ4n) is 4.43. The summed E-state index contributed by atoms with van der Waals surface area (Å²) >= 11 is 1.94. The van der Waals surface area contributed by atoms with Gasteiger partial charge < -0.3 is 19.9 Å². The molecular weight excluding hydrogens is 330 g/mol. The molecule has 0 amide bonds. The summed E-state index contributed by atoms with van der Waals surface area (Å²) in [6.07, 6.45) is 5.73. The minimum Gasteiger partial charge on any atom is -0.381 e. The lowest BCUT2D eigenvalue weighted by atomic mass is 9.81. The lowest BCUT2D eigenvalue weighted by Gasteiger charge is -2.41. The number of fused-ring (bicyclic) bond motifs is 1. The third-order valence-electron chi connectivity index (χ3n) is 5.88. The van der Waals surface area contributed by atoms with Gasteiger partial charge in [-0.3, -0.25) is 0 Å². The molecule has 1 aromatic carbocycles. The van der Waals surface area contributed by atoms with E-state index in [2.05, 4.69) is 57.9 Å². The van der Waals surface area contributed by atoms with Gasteiger partial charge in [0.25, 0.3) is 0 Å². The molecule has 0 saturated carbocycles. The highest BCUT2D eigenvalue weighted by molar-refractivity contribution is 8.03. The zero-order valence-corrected chi connectivity index (χ0v) is 16.1. The summed E-state index contributed by atoms with van der Waals surface area (Å²) in [4.78, 5) is 5.21. The summed E-state index contributed by atoms with van der Waals surface area (Å²) in [5.74, 6) is 0. The SMILES string of the molecule is CNCCC1(C)CN(C2SC=CN2C2CCOCC2)c2ccccc21. The number of benzene rings is 1. The normalized spacial score (nSPS) is 29.4. The highest BCUT2D eigenvalue weighted by Gasteiger charge is 2.43. The van der Waals surface area contributed by atoms with Crippen LogP contribution < -0.4 is 10.2 Å². The molecule has 3 heterocycles. The maximum Gasteiger partial charge on any atom is 0.154 e. The van der Waals surface area contributed by atoms with E-state index in [0.717, 1.165) is 39.1 Å². The maximum absolute atomic E-state index is 5.58. The van der Waals surface area contributed by atoms with Crippen LogP contribution in [0.25, 0.3) is 0 Å². The fraction of sp³-hybridized carbons (Fsp3) is 0.600. The van der Waals surface area contributed by atoms with Crippen LogP contribution in [0.3, 0.4) is 0 Å². The van der Waals surface area contributed by atoms with E-state index < -0.39 is 0 Å². The van der Waals surface area contributed by atoms with E-state index in [9.17, 15) is 0 Å². The van der Waals surface area contributed by atoms with Crippen LogP contribution in [-0.4, -0.2) is 49.8 Å². The van der Waals surface area contributed by atoms with Crippen molar-refractivity contribution in [1.82, 2.24) is 10.2 Å². The largest absolute Gasteiger partial charge is 0.381 e. The van der Waals surface area contributed by atoms with Gasteiger partial charge in [-0.05, 0) is 49.9 Å². The van der Waals surface area contributed by atoms with Gasteiger partial charge in [0.2, 0.25) is 0 Å². The van der Waals surface area contributed by atoms with Crippen molar-refractivity contribution in [3.05, 3.63) is 41.4 Å². The molecule has 0 radical (unpaired) electrons. The summed E-state index contributed by atoms with van der Waals surface area (Å²) in [5.41, 5.74) is 3.51. The minimum atomic E-state index is 0.212. The summed E-state index contributed by atoms with van der Waals surface area (Å²) in [6, 6.07) is 9.61. The van der Waals surface area contributed by atoms with Crippen LogP contribution in [0.5, 0.6) is 0 Å². The highest BCUT2D eigenvalue weighted by Crippen LogP contribution is 2.47. The molecule has 3 aliphatic heterocycles. The third kappa shape index (κ3) is 3.18. The molecule has 4 rings (SSSR count). The van der Waals surface area contributed by atoms with Gasteiger partial charge >= 0.3 is 0 Å². The Kier molecular flexibility index (Phi) is 4.98. The van der Waals surface area contributed by atoms with Gasteiger partial charge in [0.1, 0.15) is 0 Å². The minimum absolute atomic E-state index is 0.212. The predicted octanol–water partition coefficient (Wildman–Crippen LogP) is 3.36. The Morgan fingerprint density at radius 3 is 2.88 bits per heavy atom. The van der Waals surface area contributed by atoms with Gasteiger partial charge in [0, 0.05) is 43.1 Å². The summed E-state index contributed by atoms with van der Waals surface area (Å²) in [5, 5.41) is 5.60. The molecule has 5 heteroatoms. The molecule has 1 saturated heterocycles. The van der Waals surface area contributed by atoms with Gasteiger partial charge in [-0.2, -0.15) is 0 Å². The van der Waals surface area contributed by atoms with Crippen LogP contribution in [0, 0.1) is 0 Å². The van der Waals surface area contributed by atoms with Crippen LogP contribution in [0.4, 0.5) is 5.69 Å². The first-order chi connectivity index (χ1) is 12.2. The molecule has 2 atom stereocenters. The first-order valence-corrected chi connectivity index (χ1v) is 10.4. The summed E-state index contributed by atoms with van der Waals surface area (Å²) < 4.78 is 5.58. The van der Waals surface area contributed by atoms with Crippen molar-refractivity contribution in [2.45, 2.75) is 43.1 Å². The first-order valence-electron chi connectivity index (χ1n) is 9.41. The van der Waals surface area contributed by atoms with Crippen molar-refractivity contribution >= 4 is 17.4 Å². The average Bonchev–Trinajstić information content (AvgIpc) is 3.25. The average molecular weight is 360 g/mol. The smallest absolute Gasteiger partial charge is 0.154 e. The Bertz CT molecular complexity index is 631. The van der Waals surface area contributed by atoms with Gasteiger partial charge in [-0.1, -0.05) is 36.9 Å². The third-order valence-corrected chi connectivity index (χ3v) is 6.90. The van der Waals surface area contributed by atoms with Gasteiger partial charge in [-0.25, -0.2) is 0 Å². The molecule has 0 aromatic heterocycles. The second kappa shape index (κ2) is 7.22. The molecular formula is C20H29N3OS. The van der Waals surface area contributed by atoms with E-state index in [1.165, 1.54) is 17.7 Å². The number of ether oxygens (including phenoxy) is 1. The number of para-hydroxylation sites is 1.